The maximum absolute atomic E-state index is 5.70. The van der Waals surface area contributed by atoms with Crippen LogP contribution >= 0.6 is 11.6 Å². The molecule has 1 aliphatic rings. The number of hydrogen-bond donors (Lipinski definition) is 0. The zero-order valence-corrected chi connectivity index (χ0v) is 8.50. The van der Waals surface area contributed by atoms with Crippen LogP contribution in [-0.2, 0) is 5.88 Å². The molecule has 0 aliphatic heterocycles. The number of hydrogen-bond acceptors (Lipinski definition) is 1. The van der Waals surface area contributed by atoms with E-state index in [1.165, 1.54) is 32.1 Å². The van der Waals surface area contributed by atoms with Crippen molar-refractivity contribution in [3.8, 4) is 0 Å². The average molecular weight is 199 g/mol. The molecule has 0 spiro atoms. The van der Waals surface area contributed by atoms with Gasteiger partial charge in [-0.1, -0.05) is 19.3 Å². The van der Waals surface area contributed by atoms with Crippen LogP contribution in [0.4, 0.5) is 0 Å². The van der Waals surface area contributed by atoms with Gasteiger partial charge in [0.05, 0.1) is 17.6 Å². The lowest BCUT2D eigenvalue weighted by Crippen LogP contribution is -2.13. The van der Waals surface area contributed by atoms with E-state index < -0.39 is 0 Å². The molecule has 1 aromatic rings. The summed E-state index contributed by atoms with van der Waals surface area (Å²) in [7, 11) is 0. The van der Waals surface area contributed by atoms with Gasteiger partial charge in [0.15, 0.2) is 0 Å². The second-order valence-corrected chi connectivity index (χ2v) is 3.98. The Morgan fingerprint density at radius 1 is 1.38 bits per heavy atom. The van der Waals surface area contributed by atoms with Crippen molar-refractivity contribution in [2.75, 3.05) is 0 Å². The van der Waals surface area contributed by atoms with Crippen molar-refractivity contribution in [3.05, 3.63) is 18.0 Å². The third-order valence-corrected chi connectivity index (χ3v) is 3.02. The molecule has 13 heavy (non-hydrogen) atoms. The fourth-order valence-electron chi connectivity index (χ4n) is 2.00. The van der Waals surface area contributed by atoms with Gasteiger partial charge in [-0.15, -0.1) is 11.6 Å². The summed E-state index contributed by atoms with van der Waals surface area (Å²) in [6.45, 7) is 0. The van der Waals surface area contributed by atoms with Gasteiger partial charge in [0.1, 0.15) is 0 Å². The van der Waals surface area contributed by atoms with E-state index >= 15 is 0 Å². The fourth-order valence-corrected chi connectivity index (χ4v) is 2.14. The lowest BCUT2D eigenvalue weighted by Gasteiger charge is -2.21. The molecule has 0 bridgehead atoms. The molecular formula is C10H15ClN2. The highest BCUT2D eigenvalue weighted by Crippen LogP contribution is 2.27. The SMILES string of the molecule is ClCc1ccn(C2CCCCC2)n1. The Kier molecular flexibility index (Phi) is 2.89. The van der Waals surface area contributed by atoms with Crippen LogP contribution in [0.3, 0.4) is 0 Å². The first-order valence-corrected chi connectivity index (χ1v) is 5.53. The van der Waals surface area contributed by atoms with Crippen molar-refractivity contribution in [2.24, 2.45) is 0 Å². The molecule has 2 rings (SSSR count). The number of nitrogens with zero attached hydrogens (tertiary/aromatic N) is 2. The average Bonchev–Trinajstić information content (AvgIpc) is 2.67. The molecular weight excluding hydrogens is 184 g/mol. The van der Waals surface area contributed by atoms with Crippen LogP contribution in [0.1, 0.15) is 43.8 Å². The molecule has 2 nitrogen and oxygen atoms in total. The summed E-state index contributed by atoms with van der Waals surface area (Å²) in [6, 6.07) is 2.65. The van der Waals surface area contributed by atoms with Gasteiger partial charge in [-0.3, -0.25) is 4.68 Å². The summed E-state index contributed by atoms with van der Waals surface area (Å²) in [6.07, 6.45) is 8.71. The molecule has 0 atom stereocenters. The van der Waals surface area contributed by atoms with Crippen molar-refractivity contribution in [1.29, 1.82) is 0 Å². The summed E-state index contributed by atoms with van der Waals surface area (Å²) in [4.78, 5) is 0. The predicted molar refractivity (Wildman–Crippen MR) is 53.9 cm³/mol. The molecule has 0 unspecified atom stereocenters. The van der Waals surface area contributed by atoms with Gasteiger partial charge in [-0.25, -0.2) is 0 Å². The molecule has 1 aromatic heterocycles. The zero-order valence-electron chi connectivity index (χ0n) is 7.75. The zero-order chi connectivity index (χ0) is 9.10. The first-order valence-electron chi connectivity index (χ1n) is 5.00. The molecule has 1 fully saturated rings. The maximum Gasteiger partial charge on any atom is 0.0772 e. The standard InChI is InChI=1S/C10H15ClN2/c11-8-9-6-7-13(12-9)10-4-2-1-3-5-10/h6-7,10H,1-5,8H2. The number of halogens is 1. The highest BCUT2D eigenvalue weighted by atomic mass is 35.5. The summed E-state index contributed by atoms with van der Waals surface area (Å²) in [5, 5.41) is 4.44. The molecule has 0 N–H and O–H groups in total. The molecule has 0 radical (unpaired) electrons. The van der Waals surface area contributed by atoms with Crippen molar-refractivity contribution >= 4 is 11.6 Å². The lowest BCUT2D eigenvalue weighted by molar-refractivity contribution is 0.328. The summed E-state index contributed by atoms with van der Waals surface area (Å²) in [5.41, 5.74) is 0.993. The van der Waals surface area contributed by atoms with Gasteiger partial charge in [-0.2, -0.15) is 5.10 Å². The molecule has 3 heteroatoms. The van der Waals surface area contributed by atoms with E-state index in [0.717, 1.165) is 5.69 Å². The number of rotatable bonds is 2. The van der Waals surface area contributed by atoms with Gasteiger partial charge < -0.3 is 0 Å². The Morgan fingerprint density at radius 3 is 2.77 bits per heavy atom. The topological polar surface area (TPSA) is 17.8 Å². The number of alkyl halides is 1. The summed E-state index contributed by atoms with van der Waals surface area (Å²) >= 11 is 5.70. The summed E-state index contributed by atoms with van der Waals surface area (Å²) < 4.78 is 2.09. The molecule has 0 saturated heterocycles. The van der Waals surface area contributed by atoms with E-state index in [1.807, 2.05) is 6.07 Å². The van der Waals surface area contributed by atoms with Gasteiger partial charge in [0, 0.05) is 6.20 Å². The smallest absolute Gasteiger partial charge is 0.0772 e. The lowest BCUT2D eigenvalue weighted by atomic mass is 9.96. The van der Waals surface area contributed by atoms with Gasteiger partial charge >= 0.3 is 0 Å². The Labute approximate surface area is 83.9 Å². The molecule has 72 valence electrons. The monoisotopic (exact) mass is 198 g/mol. The Balaban J connectivity index is 2.05. The highest BCUT2D eigenvalue weighted by molar-refractivity contribution is 6.16. The second-order valence-electron chi connectivity index (χ2n) is 3.71. The van der Waals surface area contributed by atoms with Crippen LogP contribution < -0.4 is 0 Å². The minimum Gasteiger partial charge on any atom is -0.269 e. The maximum atomic E-state index is 5.70. The summed E-state index contributed by atoms with van der Waals surface area (Å²) in [5.74, 6) is 0.528. The predicted octanol–water partition coefficient (Wildman–Crippen LogP) is 3.13. The highest BCUT2D eigenvalue weighted by Gasteiger charge is 2.15. The van der Waals surface area contributed by atoms with Crippen LogP contribution in [0.25, 0.3) is 0 Å². The van der Waals surface area contributed by atoms with Gasteiger partial charge in [0.25, 0.3) is 0 Å². The van der Waals surface area contributed by atoms with Crippen LogP contribution in [0.5, 0.6) is 0 Å². The van der Waals surface area contributed by atoms with Gasteiger partial charge in [-0.05, 0) is 18.9 Å². The quantitative estimate of drug-likeness (QED) is 0.668. The molecule has 1 heterocycles. The minimum absolute atomic E-state index is 0.528. The Hall–Kier alpha value is -0.500. The Morgan fingerprint density at radius 2 is 2.15 bits per heavy atom. The third-order valence-electron chi connectivity index (χ3n) is 2.75. The second kappa shape index (κ2) is 4.14. The van der Waals surface area contributed by atoms with Crippen LogP contribution in [0.15, 0.2) is 12.3 Å². The first kappa shape index (κ1) is 9.07. The fraction of sp³-hybridized carbons (Fsp3) is 0.700. The Bertz CT molecular complexity index is 264. The van der Waals surface area contributed by atoms with Crippen LogP contribution in [0, 0.1) is 0 Å². The van der Waals surface area contributed by atoms with Crippen molar-refractivity contribution in [1.82, 2.24) is 9.78 Å². The third kappa shape index (κ3) is 2.05. The number of aromatic nitrogens is 2. The van der Waals surface area contributed by atoms with E-state index in [4.69, 9.17) is 11.6 Å². The van der Waals surface area contributed by atoms with Crippen molar-refractivity contribution in [3.63, 3.8) is 0 Å². The normalized spacial score (nSPS) is 19.2. The van der Waals surface area contributed by atoms with E-state index in [-0.39, 0.29) is 0 Å². The van der Waals surface area contributed by atoms with Crippen molar-refractivity contribution in [2.45, 2.75) is 44.0 Å². The van der Waals surface area contributed by atoms with E-state index in [0.29, 0.717) is 11.9 Å². The van der Waals surface area contributed by atoms with E-state index in [1.54, 1.807) is 0 Å². The molecule has 1 aliphatic carbocycles. The molecule has 0 amide bonds. The van der Waals surface area contributed by atoms with Crippen LogP contribution in [-0.4, -0.2) is 9.78 Å². The van der Waals surface area contributed by atoms with Gasteiger partial charge in [0.2, 0.25) is 0 Å². The largest absolute Gasteiger partial charge is 0.269 e. The molecule has 1 saturated carbocycles. The van der Waals surface area contributed by atoms with E-state index in [2.05, 4.69) is 16.0 Å². The first-order chi connectivity index (χ1) is 6.40. The molecule has 0 aromatic carbocycles. The minimum atomic E-state index is 0.528. The van der Waals surface area contributed by atoms with Crippen molar-refractivity contribution < 1.29 is 0 Å². The van der Waals surface area contributed by atoms with E-state index in [9.17, 15) is 0 Å². The van der Waals surface area contributed by atoms with Crippen LogP contribution in [0.2, 0.25) is 0 Å².